The van der Waals surface area contributed by atoms with Gasteiger partial charge in [-0.25, -0.2) is 0 Å². The Morgan fingerprint density at radius 2 is 2.28 bits per heavy atom. The molecule has 5 heteroatoms. The van der Waals surface area contributed by atoms with Gasteiger partial charge in [-0.2, -0.15) is 0 Å². The normalized spacial score (nSPS) is 14.4. The molecule has 2 N–H and O–H groups in total. The van der Waals surface area contributed by atoms with Crippen molar-refractivity contribution in [3.63, 3.8) is 0 Å². The van der Waals surface area contributed by atoms with Gasteiger partial charge < -0.3 is 15.2 Å². The van der Waals surface area contributed by atoms with Crippen molar-refractivity contribution in [1.29, 1.82) is 0 Å². The molecule has 0 fully saturated rings. The lowest BCUT2D eigenvalue weighted by molar-refractivity contribution is 0.0944. The van der Waals surface area contributed by atoms with E-state index in [-0.39, 0.29) is 18.6 Å². The van der Waals surface area contributed by atoms with Crippen LogP contribution in [0.25, 0.3) is 0 Å². The second-order valence-electron chi connectivity index (χ2n) is 4.53. The van der Waals surface area contributed by atoms with Crippen molar-refractivity contribution in [2.24, 2.45) is 0 Å². The number of halogens is 1. The molecule has 1 aliphatic rings. The number of hydrogen-bond donors (Lipinski definition) is 2. The molecule has 1 heterocycles. The minimum atomic E-state index is -0.204. The smallest absolute Gasteiger partial charge is 0.253 e. The molecule has 1 aromatic rings. The number of rotatable bonds is 3. The minimum absolute atomic E-state index is 0.0428. The molecule has 0 saturated heterocycles. The number of ether oxygens (including phenoxy) is 1. The fraction of sp³-hybridized carbons (Fsp3) is 0.462. The molecular formula is C13H16ClNO3. The zero-order chi connectivity index (χ0) is 13.3. The first-order valence-electron chi connectivity index (χ1n) is 5.94. The lowest BCUT2D eigenvalue weighted by atomic mass is 9.94. The summed E-state index contributed by atoms with van der Waals surface area (Å²) in [4.78, 5) is 11.9. The van der Waals surface area contributed by atoms with Gasteiger partial charge in [0.1, 0.15) is 5.75 Å². The van der Waals surface area contributed by atoms with Gasteiger partial charge in [-0.15, -0.1) is 0 Å². The molecule has 0 bridgehead atoms. The van der Waals surface area contributed by atoms with Crippen molar-refractivity contribution >= 4 is 17.5 Å². The van der Waals surface area contributed by atoms with Crippen LogP contribution in [-0.2, 0) is 13.0 Å². The molecule has 0 aromatic heterocycles. The van der Waals surface area contributed by atoms with E-state index >= 15 is 0 Å². The van der Waals surface area contributed by atoms with Gasteiger partial charge in [0.15, 0.2) is 0 Å². The van der Waals surface area contributed by atoms with Crippen LogP contribution in [-0.4, -0.2) is 23.7 Å². The standard InChI is InChI=1S/C13H16ClNO3/c1-7(2)18-10-5-8(6-16)9-3-4-15-13(17)11(9)12(10)14/h5,7,16H,3-4,6H2,1-2H3,(H,15,17). The molecule has 18 heavy (non-hydrogen) atoms. The summed E-state index contributed by atoms with van der Waals surface area (Å²) >= 11 is 6.23. The van der Waals surface area contributed by atoms with Crippen LogP contribution in [0.3, 0.4) is 0 Å². The lowest BCUT2D eigenvalue weighted by Gasteiger charge is -2.23. The summed E-state index contributed by atoms with van der Waals surface area (Å²) in [5.74, 6) is 0.247. The summed E-state index contributed by atoms with van der Waals surface area (Å²) in [7, 11) is 0. The Morgan fingerprint density at radius 1 is 1.56 bits per heavy atom. The molecule has 4 nitrogen and oxygen atoms in total. The number of fused-ring (bicyclic) bond motifs is 1. The maximum absolute atomic E-state index is 11.9. The minimum Gasteiger partial charge on any atom is -0.489 e. The van der Waals surface area contributed by atoms with E-state index in [1.54, 1.807) is 6.07 Å². The molecule has 0 atom stereocenters. The van der Waals surface area contributed by atoms with Gasteiger partial charge in [0.25, 0.3) is 5.91 Å². The summed E-state index contributed by atoms with van der Waals surface area (Å²) in [6, 6.07) is 1.72. The highest BCUT2D eigenvalue weighted by Crippen LogP contribution is 2.35. The van der Waals surface area contributed by atoms with E-state index in [2.05, 4.69) is 5.32 Å². The van der Waals surface area contributed by atoms with Crippen LogP contribution in [0.5, 0.6) is 5.75 Å². The average Bonchev–Trinajstić information content (AvgIpc) is 2.32. The van der Waals surface area contributed by atoms with Gasteiger partial charge in [0.2, 0.25) is 0 Å². The Morgan fingerprint density at radius 3 is 2.89 bits per heavy atom. The number of carbonyl (C=O) groups excluding carboxylic acids is 1. The van der Waals surface area contributed by atoms with Gasteiger partial charge in [0, 0.05) is 6.54 Å². The molecule has 1 aliphatic heterocycles. The van der Waals surface area contributed by atoms with E-state index in [1.165, 1.54) is 0 Å². The van der Waals surface area contributed by atoms with Crippen molar-refractivity contribution in [2.75, 3.05) is 6.54 Å². The van der Waals surface area contributed by atoms with Crippen LogP contribution in [0.1, 0.15) is 35.3 Å². The molecular weight excluding hydrogens is 254 g/mol. The first-order chi connectivity index (χ1) is 8.54. The van der Waals surface area contributed by atoms with Crippen LogP contribution in [0.4, 0.5) is 0 Å². The summed E-state index contributed by atoms with van der Waals surface area (Å²) < 4.78 is 5.58. The predicted molar refractivity (Wildman–Crippen MR) is 69.2 cm³/mol. The first kappa shape index (κ1) is 13.2. The van der Waals surface area contributed by atoms with Gasteiger partial charge >= 0.3 is 0 Å². The monoisotopic (exact) mass is 269 g/mol. The van der Waals surface area contributed by atoms with Crippen LogP contribution in [0.2, 0.25) is 5.02 Å². The third-order valence-electron chi connectivity index (χ3n) is 2.85. The fourth-order valence-corrected chi connectivity index (χ4v) is 2.42. The highest BCUT2D eigenvalue weighted by Gasteiger charge is 2.25. The average molecular weight is 270 g/mol. The predicted octanol–water partition coefficient (Wildman–Crippen LogP) is 1.91. The Labute approximate surface area is 111 Å². The van der Waals surface area contributed by atoms with Gasteiger partial charge in [0.05, 0.1) is 23.3 Å². The number of hydrogen-bond acceptors (Lipinski definition) is 3. The quantitative estimate of drug-likeness (QED) is 0.881. The molecule has 0 spiro atoms. The Hall–Kier alpha value is -1.26. The highest BCUT2D eigenvalue weighted by molar-refractivity contribution is 6.35. The largest absolute Gasteiger partial charge is 0.489 e. The van der Waals surface area contributed by atoms with Crippen LogP contribution in [0.15, 0.2) is 6.07 Å². The van der Waals surface area contributed by atoms with Crippen molar-refractivity contribution in [3.05, 3.63) is 27.8 Å². The number of benzene rings is 1. The highest BCUT2D eigenvalue weighted by atomic mass is 35.5. The Bertz CT molecular complexity index is 486. The molecule has 0 radical (unpaired) electrons. The van der Waals surface area contributed by atoms with Crippen molar-refractivity contribution in [3.8, 4) is 5.75 Å². The maximum Gasteiger partial charge on any atom is 0.253 e. The van der Waals surface area contributed by atoms with E-state index in [0.717, 1.165) is 5.56 Å². The molecule has 0 unspecified atom stereocenters. The zero-order valence-corrected chi connectivity index (χ0v) is 11.2. The molecule has 1 aromatic carbocycles. The SMILES string of the molecule is CC(C)Oc1cc(CO)c2c(c1Cl)C(=O)NCC2. The molecule has 2 rings (SSSR count). The van der Waals surface area contributed by atoms with Crippen molar-refractivity contribution in [2.45, 2.75) is 33.0 Å². The Balaban J connectivity index is 2.58. The zero-order valence-electron chi connectivity index (χ0n) is 10.4. The van der Waals surface area contributed by atoms with E-state index in [0.29, 0.717) is 34.9 Å². The lowest BCUT2D eigenvalue weighted by Crippen LogP contribution is -2.33. The van der Waals surface area contributed by atoms with Gasteiger partial charge in [-0.05, 0) is 37.5 Å². The third kappa shape index (κ3) is 2.31. The molecule has 98 valence electrons. The van der Waals surface area contributed by atoms with Crippen LogP contribution in [0, 0.1) is 0 Å². The van der Waals surface area contributed by atoms with Gasteiger partial charge in [-0.1, -0.05) is 11.6 Å². The van der Waals surface area contributed by atoms with E-state index in [1.807, 2.05) is 13.8 Å². The first-order valence-corrected chi connectivity index (χ1v) is 6.32. The Kier molecular flexibility index (Phi) is 3.78. The molecule has 1 amide bonds. The number of aliphatic hydroxyl groups is 1. The number of aliphatic hydroxyl groups excluding tert-OH is 1. The molecule has 0 aliphatic carbocycles. The summed E-state index contributed by atoms with van der Waals surface area (Å²) in [6.45, 7) is 4.21. The number of carbonyl (C=O) groups is 1. The second-order valence-corrected chi connectivity index (χ2v) is 4.91. The van der Waals surface area contributed by atoms with E-state index in [4.69, 9.17) is 16.3 Å². The van der Waals surface area contributed by atoms with E-state index in [9.17, 15) is 9.90 Å². The van der Waals surface area contributed by atoms with Crippen LogP contribution >= 0.6 is 11.6 Å². The summed E-state index contributed by atoms with van der Waals surface area (Å²) in [6.07, 6.45) is 0.636. The van der Waals surface area contributed by atoms with Crippen molar-refractivity contribution in [1.82, 2.24) is 5.32 Å². The maximum atomic E-state index is 11.9. The fourth-order valence-electron chi connectivity index (χ4n) is 2.12. The molecule has 0 saturated carbocycles. The van der Waals surface area contributed by atoms with Crippen LogP contribution < -0.4 is 10.1 Å². The van der Waals surface area contributed by atoms with Crippen molar-refractivity contribution < 1.29 is 14.6 Å². The summed E-state index contributed by atoms with van der Waals surface area (Å²) in [5.41, 5.74) is 1.97. The third-order valence-corrected chi connectivity index (χ3v) is 3.23. The summed E-state index contributed by atoms with van der Waals surface area (Å²) in [5, 5.41) is 12.5. The van der Waals surface area contributed by atoms with Gasteiger partial charge in [-0.3, -0.25) is 4.79 Å². The second kappa shape index (κ2) is 5.16. The number of amides is 1. The van der Waals surface area contributed by atoms with E-state index < -0.39 is 0 Å². The number of nitrogens with one attached hydrogen (secondary N) is 1. The topological polar surface area (TPSA) is 58.6 Å².